The molecule has 0 spiro atoms. The summed E-state index contributed by atoms with van der Waals surface area (Å²) in [6.07, 6.45) is -2.77. The Labute approximate surface area is 184 Å². The first-order valence-electron chi connectivity index (χ1n) is 9.11. The maximum atomic E-state index is 13.5. The number of alkyl halides is 3. The third kappa shape index (κ3) is 5.16. The van der Waals surface area contributed by atoms with Crippen molar-refractivity contribution in [2.75, 3.05) is 7.11 Å². The molecule has 0 saturated carbocycles. The SMILES string of the molecule is COc1cnc(-c2nsc(C(F)(F)F)c2COc2ccc(CCC(=O)O)c(C)c2C)s1. The Hall–Kier alpha value is -2.66. The van der Waals surface area contributed by atoms with Gasteiger partial charge in [0.15, 0.2) is 5.06 Å². The number of thiazole rings is 1. The first-order chi connectivity index (χ1) is 14.6. The van der Waals surface area contributed by atoms with E-state index in [2.05, 4.69) is 9.36 Å². The van der Waals surface area contributed by atoms with Crippen LogP contribution in [0.25, 0.3) is 10.7 Å². The molecule has 0 aliphatic carbocycles. The summed E-state index contributed by atoms with van der Waals surface area (Å²) < 4.78 is 55.5. The van der Waals surface area contributed by atoms with Crippen molar-refractivity contribution in [3.63, 3.8) is 0 Å². The van der Waals surface area contributed by atoms with Gasteiger partial charge in [0.2, 0.25) is 0 Å². The molecule has 0 amide bonds. The van der Waals surface area contributed by atoms with Gasteiger partial charge in [0, 0.05) is 12.0 Å². The van der Waals surface area contributed by atoms with Crippen LogP contribution in [0.3, 0.4) is 0 Å². The summed E-state index contributed by atoms with van der Waals surface area (Å²) >= 11 is 1.47. The zero-order valence-electron chi connectivity index (χ0n) is 16.9. The number of ether oxygens (including phenoxy) is 2. The fourth-order valence-electron chi connectivity index (χ4n) is 2.97. The Bertz CT molecular complexity index is 1090. The lowest BCUT2D eigenvalue weighted by Crippen LogP contribution is -2.09. The second-order valence-electron chi connectivity index (χ2n) is 6.68. The van der Waals surface area contributed by atoms with Crippen molar-refractivity contribution in [1.82, 2.24) is 9.36 Å². The van der Waals surface area contributed by atoms with Crippen molar-refractivity contribution in [2.45, 2.75) is 39.5 Å². The predicted octanol–water partition coefficient (Wildman–Crippen LogP) is 5.51. The number of rotatable bonds is 8. The van der Waals surface area contributed by atoms with Crippen LogP contribution >= 0.6 is 22.9 Å². The van der Waals surface area contributed by atoms with Crippen LogP contribution in [0.1, 0.15) is 33.6 Å². The number of hydrogen-bond donors (Lipinski definition) is 1. The van der Waals surface area contributed by atoms with E-state index in [0.717, 1.165) is 28.0 Å². The highest BCUT2D eigenvalue weighted by Crippen LogP contribution is 2.42. The van der Waals surface area contributed by atoms with Crippen LogP contribution in [-0.2, 0) is 24.0 Å². The molecular formula is C20H19F3N2O4S2. The summed E-state index contributed by atoms with van der Waals surface area (Å²) in [4.78, 5) is 14.1. The molecule has 0 atom stereocenters. The number of hydrogen-bond acceptors (Lipinski definition) is 7. The van der Waals surface area contributed by atoms with Gasteiger partial charge >= 0.3 is 12.1 Å². The normalized spacial score (nSPS) is 11.5. The van der Waals surface area contributed by atoms with Gasteiger partial charge in [0.05, 0.1) is 13.3 Å². The van der Waals surface area contributed by atoms with Crippen LogP contribution in [-0.4, -0.2) is 27.5 Å². The van der Waals surface area contributed by atoms with Gasteiger partial charge in [0.1, 0.15) is 27.9 Å². The number of carbonyl (C=O) groups is 1. The van der Waals surface area contributed by atoms with Crippen LogP contribution in [0.15, 0.2) is 18.3 Å². The lowest BCUT2D eigenvalue weighted by Gasteiger charge is -2.15. The quantitative estimate of drug-likeness (QED) is 0.466. The largest absolute Gasteiger partial charge is 0.488 e. The lowest BCUT2D eigenvalue weighted by molar-refractivity contribution is -0.137. The van der Waals surface area contributed by atoms with Gasteiger partial charge in [-0.05, 0) is 54.6 Å². The first-order valence-corrected chi connectivity index (χ1v) is 10.7. The molecule has 6 nitrogen and oxygen atoms in total. The van der Waals surface area contributed by atoms with Gasteiger partial charge in [-0.15, -0.1) is 0 Å². The van der Waals surface area contributed by atoms with Crippen LogP contribution in [0.5, 0.6) is 10.8 Å². The predicted molar refractivity (Wildman–Crippen MR) is 111 cm³/mol. The summed E-state index contributed by atoms with van der Waals surface area (Å²) in [6, 6.07) is 3.39. The van der Waals surface area contributed by atoms with E-state index in [4.69, 9.17) is 14.6 Å². The Morgan fingerprint density at radius 2 is 1.97 bits per heavy atom. The summed E-state index contributed by atoms with van der Waals surface area (Å²) in [5, 5.41) is 9.66. The van der Waals surface area contributed by atoms with Gasteiger partial charge in [0.25, 0.3) is 0 Å². The third-order valence-electron chi connectivity index (χ3n) is 4.76. The minimum atomic E-state index is -4.57. The standard InChI is InChI=1S/C20H19F3N2O4S2/c1-10-11(2)14(6-4-12(10)5-7-15(26)27)29-9-13-17(19-24-8-16(28-3)30-19)25-31-18(13)20(21,22)23/h4,6,8H,5,7,9H2,1-3H3,(H,26,27). The molecule has 0 fully saturated rings. The highest BCUT2D eigenvalue weighted by molar-refractivity contribution is 7.17. The zero-order chi connectivity index (χ0) is 22.8. The summed E-state index contributed by atoms with van der Waals surface area (Å²) in [5.74, 6) is -0.466. The zero-order valence-corrected chi connectivity index (χ0v) is 18.5. The van der Waals surface area contributed by atoms with Gasteiger partial charge in [-0.25, -0.2) is 4.98 Å². The maximum absolute atomic E-state index is 13.5. The lowest BCUT2D eigenvalue weighted by atomic mass is 9.99. The van der Waals surface area contributed by atoms with E-state index < -0.39 is 17.0 Å². The van der Waals surface area contributed by atoms with Crippen molar-refractivity contribution < 1.29 is 32.5 Å². The molecule has 0 unspecified atom stereocenters. The Balaban J connectivity index is 1.89. The van der Waals surface area contributed by atoms with E-state index in [0.29, 0.717) is 33.8 Å². The number of nitrogens with zero attached hydrogens (tertiary/aromatic N) is 2. The number of methoxy groups -OCH3 is 1. The van der Waals surface area contributed by atoms with E-state index in [1.807, 2.05) is 6.92 Å². The minimum absolute atomic E-state index is 0.00334. The van der Waals surface area contributed by atoms with Crippen molar-refractivity contribution in [3.8, 4) is 21.5 Å². The van der Waals surface area contributed by atoms with Gasteiger partial charge in [-0.3, -0.25) is 4.79 Å². The van der Waals surface area contributed by atoms with Crippen molar-refractivity contribution in [2.24, 2.45) is 0 Å². The molecule has 0 aliphatic rings. The average Bonchev–Trinajstić information content (AvgIpc) is 3.34. The first kappa shape index (κ1) is 23.0. The molecule has 0 aliphatic heterocycles. The van der Waals surface area contributed by atoms with E-state index >= 15 is 0 Å². The van der Waals surface area contributed by atoms with Crippen molar-refractivity contribution in [3.05, 3.63) is 45.5 Å². The summed E-state index contributed by atoms with van der Waals surface area (Å²) in [6.45, 7) is 3.29. The molecule has 0 saturated heterocycles. The monoisotopic (exact) mass is 472 g/mol. The summed E-state index contributed by atoms with van der Waals surface area (Å²) in [7, 11) is 1.45. The van der Waals surface area contributed by atoms with E-state index in [1.54, 1.807) is 19.1 Å². The number of aromatic nitrogens is 2. The van der Waals surface area contributed by atoms with E-state index in [-0.39, 0.29) is 24.3 Å². The molecular weight excluding hydrogens is 453 g/mol. The smallest absolute Gasteiger partial charge is 0.427 e. The van der Waals surface area contributed by atoms with Crippen LogP contribution < -0.4 is 9.47 Å². The number of carboxylic acid groups (broad SMARTS) is 1. The molecule has 3 aromatic rings. The second-order valence-corrected chi connectivity index (χ2v) is 8.45. The number of aliphatic carboxylic acids is 1. The molecule has 2 aromatic heterocycles. The molecule has 3 rings (SSSR count). The van der Waals surface area contributed by atoms with Crippen LogP contribution in [0, 0.1) is 13.8 Å². The van der Waals surface area contributed by atoms with Crippen LogP contribution in [0.2, 0.25) is 0 Å². The number of carboxylic acids is 1. The number of halogens is 3. The van der Waals surface area contributed by atoms with Gasteiger partial charge < -0.3 is 14.6 Å². The Morgan fingerprint density at radius 3 is 2.58 bits per heavy atom. The molecule has 166 valence electrons. The molecule has 1 N–H and O–H groups in total. The van der Waals surface area contributed by atoms with E-state index in [1.165, 1.54) is 13.3 Å². The number of aryl methyl sites for hydroxylation is 1. The molecule has 2 heterocycles. The highest BCUT2D eigenvalue weighted by Gasteiger charge is 2.38. The van der Waals surface area contributed by atoms with Crippen molar-refractivity contribution in [1.29, 1.82) is 0 Å². The summed E-state index contributed by atoms with van der Waals surface area (Å²) in [5.41, 5.74) is 2.50. The molecule has 31 heavy (non-hydrogen) atoms. The highest BCUT2D eigenvalue weighted by atomic mass is 32.1. The Kier molecular flexibility index (Phi) is 6.85. The average molecular weight is 473 g/mol. The van der Waals surface area contributed by atoms with E-state index in [9.17, 15) is 18.0 Å². The van der Waals surface area contributed by atoms with Gasteiger partial charge in [-0.2, -0.15) is 17.5 Å². The van der Waals surface area contributed by atoms with Crippen molar-refractivity contribution >= 4 is 28.8 Å². The second kappa shape index (κ2) is 9.23. The van der Waals surface area contributed by atoms with Crippen LogP contribution in [0.4, 0.5) is 13.2 Å². The molecule has 0 bridgehead atoms. The molecule has 0 radical (unpaired) electrons. The van der Waals surface area contributed by atoms with Gasteiger partial charge in [-0.1, -0.05) is 17.4 Å². The third-order valence-corrected chi connectivity index (χ3v) is 6.66. The fraction of sp³-hybridized carbons (Fsp3) is 0.350. The Morgan fingerprint density at radius 1 is 1.23 bits per heavy atom. The molecule has 1 aromatic carbocycles. The number of benzene rings is 1. The topological polar surface area (TPSA) is 81.5 Å². The maximum Gasteiger partial charge on any atom is 0.427 e. The fourth-order valence-corrected chi connectivity index (χ4v) is 4.52. The minimum Gasteiger partial charge on any atom is -0.488 e. The molecule has 11 heteroatoms.